The van der Waals surface area contributed by atoms with Gasteiger partial charge in [0, 0.05) is 12.5 Å². The van der Waals surface area contributed by atoms with E-state index in [4.69, 9.17) is 28.5 Å². The van der Waals surface area contributed by atoms with E-state index >= 15 is 0 Å². The maximum Gasteiger partial charge on any atom is 0.335 e. The number of allylic oxidation sites excluding steroid dienone is 2. The Labute approximate surface area is 247 Å². The van der Waals surface area contributed by atoms with Crippen LogP contribution in [0, 0.1) is 6.92 Å². The molecule has 0 spiro atoms. The van der Waals surface area contributed by atoms with E-state index in [0.29, 0.717) is 36.9 Å². The molecule has 0 N–H and O–H groups in total. The Bertz CT molecular complexity index is 1270. The Hall–Kier alpha value is -5.24. The summed E-state index contributed by atoms with van der Waals surface area (Å²) < 4.78 is 20.5. The molecule has 0 unspecified atom stereocenters. The summed E-state index contributed by atoms with van der Waals surface area (Å²) in [5, 5.41) is 0. The first-order valence-corrected chi connectivity index (χ1v) is 12.6. The van der Waals surface area contributed by atoms with Crippen molar-refractivity contribution in [3.8, 4) is 34.1 Å². The van der Waals surface area contributed by atoms with Gasteiger partial charge in [0.15, 0.2) is 11.5 Å². The molecule has 8 nitrogen and oxygen atoms in total. The van der Waals surface area contributed by atoms with Gasteiger partial charge in [-0.15, -0.1) is 0 Å². The van der Waals surface area contributed by atoms with Crippen molar-refractivity contribution in [3.05, 3.63) is 110 Å². The van der Waals surface area contributed by atoms with E-state index in [1.165, 1.54) is 30.4 Å². The third-order valence-electron chi connectivity index (χ3n) is 5.17. The predicted octanol–water partition coefficient (Wildman–Crippen LogP) is 6.34. The molecule has 0 fully saturated rings. The summed E-state index contributed by atoms with van der Waals surface area (Å²) in [4.78, 5) is 39.5. The summed E-state index contributed by atoms with van der Waals surface area (Å²) >= 11 is 0. The molecule has 222 valence electrons. The summed E-state index contributed by atoms with van der Waals surface area (Å²) in [7, 11) is 4.85. The summed E-state index contributed by atoms with van der Waals surface area (Å²) in [6.07, 6.45) is 6.63. The molecule has 3 aromatic carbocycles. The molecule has 0 amide bonds. The first-order valence-electron chi connectivity index (χ1n) is 12.6. The van der Waals surface area contributed by atoms with Gasteiger partial charge in [0.25, 0.3) is 0 Å². The lowest BCUT2D eigenvalue weighted by molar-refractivity contribution is -0.129. The topological polar surface area (TPSA) is 105 Å². The maximum absolute atomic E-state index is 11.1. The number of methoxy groups -OCH3 is 3. The monoisotopic (exact) mass is 574 g/mol. The molecule has 0 saturated heterocycles. The number of carbonyl (C=O) groups is 4. The van der Waals surface area contributed by atoms with Crippen molar-refractivity contribution < 1.29 is 38.1 Å². The number of aryl methyl sites for hydroxylation is 2. The highest BCUT2D eigenvalue weighted by Gasteiger charge is 2.09. The SMILES string of the molecule is C=CC(=O)Oc1cc(CCC=O)ccc1OC.C=CC=O.C=CC=O.COc1ccc(-c2ccc(OC)c(C)c2)cc1. The number of hydrogen-bond acceptors (Lipinski definition) is 8. The molecule has 42 heavy (non-hydrogen) atoms. The van der Waals surface area contributed by atoms with E-state index in [0.717, 1.165) is 35.0 Å². The Balaban J connectivity index is 0.000000639. The van der Waals surface area contributed by atoms with Gasteiger partial charge >= 0.3 is 5.97 Å². The zero-order chi connectivity index (χ0) is 31.8. The second kappa shape index (κ2) is 22.6. The van der Waals surface area contributed by atoms with Crippen LogP contribution in [0.2, 0.25) is 0 Å². The molecule has 0 saturated carbocycles. The van der Waals surface area contributed by atoms with Crippen LogP contribution in [-0.4, -0.2) is 46.2 Å². The molecule has 0 radical (unpaired) electrons. The fraction of sp³-hybridized carbons (Fsp3) is 0.176. The molecule has 3 rings (SSSR count). The summed E-state index contributed by atoms with van der Waals surface area (Å²) in [6, 6.07) is 19.4. The number of rotatable bonds is 11. The molecule has 8 heteroatoms. The standard InChI is InChI=1S/C15H16O2.C13H14O4.2C3H4O/c1-11-10-13(6-9-15(11)17-3)12-4-7-14(16-2)8-5-12;1-3-13(15)17-12-9-10(5-4-8-14)6-7-11(12)16-2;2*1-2-3-4/h4-10H,1-3H3;3,6-9H,1,4-5H2,2H3;2*2-3H,1H2. The van der Waals surface area contributed by atoms with Crippen LogP contribution in [0.1, 0.15) is 17.5 Å². The van der Waals surface area contributed by atoms with Crippen molar-refractivity contribution in [2.75, 3.05) is 21.3 Å². The van der Waals surface area contributed by atoms with Crippen molar-refractivity contribution >= 4 is 24.8 Å². The van der Waals surface area contributed by atoms with E-state index in [2.05, 4.69) is 44.0 Å². The first kappa shape index (κ1) is 36.8. The van der Waals surface area contributed by atoms with Crippen LogP contribution in [0.5, 0.6) is 23.0 Å². The lowest BCUT2D eigenvalue weighted by Gasteiger charge is -2.09. The minimum absolute atomic E-state index is 0.334. The fourth-order valence-corrected chi connectivity index (χ4v) is 3.17. The molecule has 0 aromatic heterocycles. The van der Waals surface area contributed by atoms with Crippen LogP contribution in [0.15, 0.2) is 98.6 Å². The van der Waals surface area contributed by atoms with Gasteiger partial charge in [-0.1, -0.05) is 44.0 Å². The zero-order valence-electron chi connectivity index (χ0n) is 24.5. The Morgan fingerprint density at radius 2 is 1.26 bits per heavy atom. The highest BCUT2D eigenvalue weighted by atomic mass is 16.6. The number of ether oxygens (including phenoxy) is 4. The van der Waals surface area contributed by atoms with Crippen molar-refractivity contribution in [3.63, 3.8) is 0 Å². The molecule has 0 aliphatic carbocycles. The van der Waals surface area contributed by atoms with E-state index in [1.54, 1.807) is 26.4 Å². The minimum atomic E-state index is -0.546. The van der Waals surface area contributed by atoms with Crippen molar-refractivity contribution in [2.24, 2.45) is 0 Å². The number of carbonyl (C=O) groups excluding carboxylic acids is 4. The Morgan fingerprint density at radius 3 is 1.71 bits per heavy atom. The van der Waals surface area contributed by atoms with Gasteiger partial charge in [0.2, 0.25) is 0 Å². The third kappa shape index (κ3) is 14.2. The highest BCUT2D eigenvalue weighted by Crippen LogP contribution is 2.29. The second-order valence-corrected chi connectivity index (χ2v) is 7.97. The van der Waals surface area contributed by atoms with E-state index in [9.17, 15) is 9.59 Å². The Kier molecular flexibility index (Phi) is 19.7. The highest BCUT2D eigenvalue weighted by molar-refractivity contribution is 5.83. The van der Waals surface area contributed by atoms with E-state index < -0.39 is 5.97 Å². The predicted molar refractivity (Wildman–Crippen MR) is 165 cm³/mol. The number of aldehydes is 3. The quantitative estimate of drug-likeness (QED) is 0.113. The molecule has 0 atom stereocenters. The molecular formula is C34H38O8. The van der Waals surface area contributed by atoms with Crippen molar-refractivity contribution in [2.45, 2.75) is 19.8 Å². The van der Waals surface area contributed by atoms with Gasteiger partial charge in [0.05, 0.1) is 21.3 Å². The van der Waals surface area contributed by atoms with Gasteiger partial charge in [-0.25, -0.2) is 4.79 Å². The van der Waals surface area contributed by atoms with Crippen LogP contribution >= 0.6 is 0 Å². The van der Waals surface area contributed by atoms with Crippen molar-refractivity contribution in [1.82, 2.24) is 0 Å². The number of esters is 1. The molecule has 0 bridgehead atoms. The summed E-state index contributed by atoms with van der Waals surface area (Å²) in [5.41, 5.74) is 4.41. The summed E-state index contributed by atoms with van der Waals surface area (Å²) in [6.45, 7) is 11.6. The molecular weight excluding hydrogens is 536 g/mol. The molecule has 0 aliphatic heterocycles. The average molecular weight is 575 g/mol. The van der Waals surface area contributed by atoms with Crippen LogP contribution in [0.4, 0.5) is 0 Å². The first-order chi connectivity index (χ1) is 20.3. The smallest absolute Gasteiger partial charge is 0.335 e. The normalized spacial score (nSPS) is 8.86. The van der Waals surface area contributed by atoms with Crippen molar-refractivity contribution in [1.29, 1.82) is 0 Å². The number of hydrogen-bond donors (Lipinski definition) is 0. The lowest BCUT2D eigenvalue weighted by Crippen LogP contribution is -2.05. The van der Waals surface area contributed by atoms with Crippen LogP contribution in [0.3, 0.4) is 0 Å². The Morgan fingerprint density at radius 1 is 0.714 bits per heavy atom. The van der Waals surface area contributed by atoms with E-state index in [-0.39, 0.29) is 0 Å². The van der Waals surface area contributed by atoms with Crippen LogP contribution < -0.4 is 18.9 Å². The number of benzene rings is 3. The average Bonchev–Trinajstić information content (AvgIpc) is 3.04. The van der Waals surface area contributed by atoms with Gasteiger partial charge in [-0.05, 0) is 84.1 Å². The largest absolute Gasteiger partial charge is 0.497 e. The zero-order valence-corrected chi connectivity index (χ0v) is 24.5. The minimum Gasteiger partial charge on any atom is -0.497 e. The maximum atomic E-state index is 11.1. The van der Waals surface area contributed by atoms with Gasteiger partial charge < -0.3 is 23.7 Å². The lowest BCUT2D eigenvalue weighted by atomic mass is 10.0. The fourth-order valence-electron chi connectivity index (χ4n) is 3.17. The summed E-state index contributed by atoms with van der Waals surface area (Å²) in [5.74, 6) is 2.05. The third-order valence-corrected chi connectivity index (χ3v) is 5.17. The van der Waals surface area contributed by atoms with Gasteiger partial charge in [-0.3, -0.25) is 9.59 Å². The second-order valence-electron chi connectivity index (χ2n) is 7.97. The van der Waals surface area contributed by atoms with Gasteiger partial charge in [0.1, 0.15) is 30.4 Å². The van der Waals surface area contributed by atoms with Gasteiger partial charge in [-0.2, -0.15) is 0 Å². The van der Waals surface area contributed by atoms with Crippen LogP contribution in [0.25, 0.3) is 11.1 Å². The molecule has 0 heterocycles. The van der Waals surface area contributed by atoms with E-state index in [1.807, 2.05) is 31.2 Å². The molecule has 3 aromatic rings. The van der Waals surface area contributed by atoms with Crippen LogP contribution in [-0.2, 0) is 25.6 Å². The molecule has 0 aliphatic rings.